The van der Waals surface area contributed by atoms with Gasteiger partial charge >= 0.3 is 0 Å². The lowest BCUT2D eigenvalue weighted by Crippen LogP contribution is -2.41. The lowest BCUT2D eigenvalue weighted by atomic mass is 10.1. The maximum atomic E-state index is 13.1. The normalized spacial score (nSPS) is 17.7. The molecule has 0 unspecified atom stereocenters. The van der Waals surface area contributed by atoms with Crippen molar-refractivity contribution >= 4 is 11.7 Å². The maximum absolute atomic E-state index is 13.1. The number of nitrogens with one attached hydrogen (secondary N) is 1. The summed E-state index contributed by atoms with van der Waals surface area (Å²) < 4.78 is 7.89. The van der Waals surface area contributed by atoms with E-state index in [0.29, 0.717) is 12.2 Å². The zero-order chi connectivity index (χ0) is 23.5. The Bertz CT molecular complexity index is 1270. The number of aromatic nitrogens is 6. The number of pyridine rings is 1. The third-order valence-corrected chi connectivity index (χ3v) is 6.02. The number of carbonyl (C=O) groups excluding carboxylic acids is 1. The van der Waals surface area contributed by atoms with Crippen molar-refractivity contribution in [2.75, 3.05) is 5.73 Å². The zero-order valence-corrected chi connectivity index (χ0v) is 18.8. The van der Waals surface area contributed by atoms with Crippen molar-refractivity contribution in [3.05, 3.63) is 72.4 Å². The van der Waals surface area contributed by atoms with Crippen LogP contribution in [0.25, 0.3) is 16.8 Å². The van der Waals surface area contributed by atoms with Crippen LogP contribution in [0.4, 0.5) is 5.82 Å². The van der Waals surface area contributed by atoms with Crippen LogP contribution in [0.3, 0.4) is 0 Å². The van der Waals surface area contributed by atoms with E-state index in [-0.39, 0.29) is 23.9 Å². The van der Waals surface area contributed by atoms with Crippen LogP contribution in [0.1, 0.15) is 35.2 Å². The van der Waals surface area contributed by atoms with Crippen molar-refractivity contribution in [2.45, 2.75) is 38.0 Å². The lowest BCUT2D eigenvalue weighted by Gasteiger charge is -2.22. The highest BCUT2D eigenvalue weighted by Crippen LogP contribution is 2.26. The molecule has 5 rings (SSSR count). The van der Waals surface area contributed by atoms with E-state index in [4.69, 9.17) is 10.5 Å². The summed E-state index contributed by atoms with van der Waals surface area (Å²) in [5, 5.41) is 15.6. The first kappa shape index (κ1) is 21.8. The van der Waals surface area contributed by atoms with E-state index in [0.717, 1.165) is 41.6 Å². The van der Waals surface area contributed by atoms with E-state index in [1.165, 1.54) is 0 Å². The van der Waals surface area contributed by atoms with Crippen LogP contribution >= 0.6 is 0 Å². The van der Waals surface area contributed by atoms with E-state index in [1.807, 2.05) is 37.5 Å². The second-order valence-corrected chi connectivity index (χ2v) is 8.40. The van der Waals surface area contributed by atoms with Crippen LogP contribution in [0, 0.1) is 0 Å². The minimum absolute atomic E-state index is 0.0629. The molecular weight excluding hydrogens is 432 g/mol. The molecular formula is C24H26N8O2. The topological polar surface area (TPSA) is 126 Å². The number of benzene rings is 1. The summed E-state index contributed by atoms with van der Waals surface area (Å²) >= 11 is 0. The van der Waals surface area contributed by atoms with Gasteiger partial charge in [-0.05, 0) is 43.0 Å². The molecule has 34 heavy (non-hydrogen) atoms. The van der Waals surface area contributed by atoms with Crippen molar-refractivity contribution in [1.29, 1.82) is 0 Å². The number of ether oxygens (including phenoxy) is 1. The Morgan fingerprint density at radius 1 is 1.12 bits per heavy atom. The van der Waals surface area contributed by atoms with Crippen LogP contribution in [-0.4, -0.2) is 47.8 Å². The second-order valence-electron chi connectivity index (χ2n) is 8.40. The molecule has 3 heterocycles. The molecule has 0 spiro atoms. The number of anilines is 1. The SMILES string of the molecule is Cn1cc(-c2cnc(N)c(C(=O)N[C@H]3CCC[C@@H]3OCc3ccc(-n4nccn4)cc3)c2)cn1. The highest BCUT2D eigenvalue weighted by molar-refractivity contribution is 5.99. The first-order valence-corrected chi connectivity index (χ1v) is 11.2. The van der Waals surface area contributed by atoms with Gasteiger partial charge in [-0.15, -0.1) is 0 Å². The molecule has 1 aromatic carbocycles. The number of hydrogen-bond donors (Lipinski definition) is 2. The number of carbonyl (C=O) groups is 1. The molecule has 1 saturated carbocycles. The van der Waals surface area contributed by atoms with Gasteiger partial charge < -0.3 is 15.8 Å². The van der Waals surface area contributed by atoms with Gasteiger partial charge in [0.05, 0.1) is 48.6 Å². The van der Waals surface area contributed by atoms with Gasteiger partial charge in [0.15, 0.2) is 0 Å². The number of amides is 1. The molecule has 4 aromatic rings. The Labute approximate surface area is 196 Å². The van der Waals surface area contributed by atoms with Gasteiger partial charge in [0.25, 0.3) is 5.91 Å². The molecule has 0 radical (unpaired) electrons. The molecule has 0 saturated heterocycles. The molecule has 2 atom stereocenters. The molecule has 0 bridgehead atoms. The third kappa shape index (κ3) is 4.67. The fraction of sp³-hybridized carbons (Fsp3) is 0.292. The van der Waals surface area contributed by atoms with E-state index in [2.05, 4.69) is 25.6 Å². The smallest absolute Gasteiger partial charge is 0.255 e. The average molecular weight is 459 g/mol. The van der Waals surface area contributed by atoms with Crippen LogP contribution in [0.2, 0.25) is 0 Å². The van der Waals surface area contributed by atoms with Crippen LogP contribution in [0.5, 0.6) is 0 Å². The number of nitrogen functional groups attached to an aromatic ring is 1. The quantitative estimate of drug-likeness (QED) is 0.436. The Balaban J connectivity index is 1.22. The largest absolute Gasteiger partial charge is 0.383 e. The predicted octanol–water partition coefficient (Wildman–Crippen LogP) is 2.51. The van der Waals surface area contributed by atoms with Crippen molar-refractivity contribution in [3.63, 3.8) is 0 Å². The Kier molecular flexibility index (Phi) is 6.05. The summed E-state index contributed by atoms with van der Waals surface area (Å²) in [4.78, 5) is 18.8. The van der Waals surface area contributed by atoms with Gasteiger partial charge in [0, 0.05) is 30.6 Å². The first-order valence-electron chi connectivity index (χ1n) is 11.2. The number of nitrogens with two attached hydrogens (primary N) is 1. The number of hydrogen-bond acceptors (Lipinski definition) is 7. The highest BCUT2D eigenvalue weighted by atomic mass is 16.5. The predicted molar refractivity (Wildman–Crippen MR) is 126 cm³/mol. The minimum Gasteiger partial charge on any atom is -0.383 e. The molecule has 174 valence electrons. The van der Waals surface area contributed by atoms with Gasteiger partial charge in [0.1, 0.15) is 5.82 Å². The highest BCUT2D eigenvalue weighted by Gasteiger charge is 2.30. The van der Waals surface area contributed by atoms with Gasteiger partial charge in [-0.2, -0.15) is 20.1 Å². The standard InChI is InChI=1S/C24H26N8O2/c1-31-14-18(13-29-31)17-11-20(23(25)26-12-17)24(33)30-21-3-2-4-22(21)34-15-16-5-7-19(8-6-16)32-27-9-10-28-32/h5-14,21-22H,2-4,15H2,1H3,(H2,25,26)(H,30,33)/t21-,22-/m0/s1. The Morgan fingerprint density at radius 3 is 2.65 bits per heavy atom. The van der Waals surface area contributed by atoms with Gasteiger partial charge in [-0.25, -0.2) is 4.98 Å². The Hall–Kier alpha value is -4.05. The van der Waals surface area contributed by atoms with E-state index in [9.17, 15) is 4.79 Å². The number of aryl methyl sites for hydroxylation is 1. The first-order chi connectivity index (χ1) is 16.6. The third-order valence-electron chi connectivity index (χ3n) is 6.02. The van der Waals surface area contributed by atoms with Crippen molar-refractivity contribution in [1.82, 2.24) is 35.1 Å². The molecule has 1 amide bonds. The van der Waals surface area contributed by atoms with E-state index >= 15 is 0 Å². The molecule has 3 N–H and O–H groups in total. The molecule has 0 aliphatic heterocycles. The summed E-state index contributed by atoms with van der Waals surface area (Å²) in [6, 6.07) is 9.58. The summed E-state index contributed by atoms with van der Waals surface area (Å²) in [5.41, 5.74) is 9.99. The van der Waals surface area contributed by atoms with Gasteiger partial charge in [0.2, 0.25) is 0 Å². The van der Waals surface area contributed by atoms with Crippen molar-refractivity contribution in [3.8, 4) is 16.8 Å². The molecule has 10 nitrogen and oxygen atoms in total. The summed E-state index contributed by atoms with van der Waals surface area (Å²) in [7, 11) is 1.84. The molecule has 1 fully saturated rings. The average Bonchev–Trinajstić information content (AvgIpc) is 3.61. The summed E-state index contributed by atoms with van der Waals surface area (Å²) in [6.45, 7) is 0.462. The van der Waals surface area contributed by atoms with E-state index < -0.39 is 0 Å². The van der Waals surface area contributed by atoms with Gasteiger partial charge in [-0.1, -0.05) is 12.1 Å². The van der Waals surface area contributed by atoms with Gasteiger partial charge in [-0.3, -0.25) is 9.48 Å². The second kappa shape index (κ2) is 9.44. The molecule has 1 aliphatic rings. The number of nitrogens with zero attached hydrogens (tertiary/aromatic N) is 6. The monoisotopic (exact) mass is 458 g/mol. The Morgan fingerprint density at radius 2 is 1.91 bits per heavy atom. The summed E-state index contributed by atoms with van der Waals surface area (Å²) in [5.74, 6) is -0.0420. The minimum atomic E-state index is -0.243. The van der Waals surface area contributed by atoms with Crippen molar-refractivity contribution in [2.24, 2.45) is 7.05 Å². The van der Waals surface area contributed by atoms with Crippen molar-refractivity contribution < 1.29 is 9.53 Å². The molecule has 10 heteroatoms. The van der Waals surface area contributed by atoms with Crippen LogP contribution < -0.4 is 11.1 Å². The number of rotatable bonds is 7. The van der Waals surface area contributed by atoms with Crippen LogP contribution in [0.15, 0.2) is 61.3 Å². The molecule has 3 aromatic heterocycles. The maximum Gasteiger partial charge on any atom is 0.255 e. The molecule has 1 aliphatic carbocycles. The fourth-order valence-corrected chi connectivity index (χ4v) is 4.20. The fourth-order valence-electron chi connectivity index (χ4n) is 4.20. The van der Waals surface area contributed by atoms with E-state index in [1.54, 1.807) is 40.3 Å². The zero-order valence-electron chi connectivity index (χ0n) is 18.8. The summed E-state index contributed by atoms with van der Waals surface area (Å²) in [6.07, 6.45) is 11.2. The van der Waals surface area contributed by atoms with Crippen LogP contribution in [-0.2, 0) is 18.4 Å². The lowest BCUT2D eigenvalue weighted by molar-refractivity contribution is 0.0272.